The first-order valence-electron chi connectivity index (χ1n) is 5.47. The van der Waals surface area contributed by atoms with E-state index in [1.807, 2.05) is 18.2 Å². The first-order valence-corrected chi connectivity index (χ1v) is 7.53. The molecule has 0 saturated carbocycles. The predicted octanol–water partition coefficient (Wildman–Crippen LogP) is 2.17. The molecule has 18 heavy (non-hydrogen) atoms. The monoisotopic (exact) mass is 288 g/mol. The standard InChI is InChI=1S/C11H16N2O3S2/c1-14-11-4-3-8(5-9(12)7-17-2)6-10(11)13-15-18-16-13/h3-4,6,9H,5,7,12H2,1-2H3/t9-/m0/s1. The maximum atomic E-state index is 6.03. The first kappa shape index (κ1) is 13.8. The average Bonchev–Trinajstić information content (AvgIpc) is 2.27. The zero-order valence-electron chi connectivity index (χ0n) is 10.3. The Morgan fingerprint density at radius 1 is 1.50 bits per heavy atom. The number of benzene rings is 1. The second-order valence-corrected chi connectivity index (χ2v) is 5.24. The SMILES string of the molecule is COc1ccc(C[C@H](N)CSC)cc1N1OSO1. The van der Waals surface area contributed by atoms with Gasteiger partial charge in [-0.25, -0.2) is 0 Å². The lowest BCUT2D eigenvalue weighted by Crippen LogP contribution is -2.28. The van der Waals surface area contributed by atoms with Gasteiger partial charge in [0.25, 0.3) is 0 Å². The smallest absolute Gasteiger partial charge is 0.217 e. The largest absolute Gasteiger partial charge is 0.494 e. The minimum absolute atomic E-state index is 0.147. The van der Waals surface area contributed by atoms with Gasteiger partial charge < -0.3 is 10.5 Å². The van der Waals surface area contributed by atoms with Gasteiger partial charge in [-0.05, 0) is 30.4 Å². The van der Waals surface area contributed by atoms with Crippen LogP contribution in [-0.4, -0.2) is 25.2 Å². The Morgan fingerprint density at radius 2 is 2.28 bits per heavy atom. The van der Waals surface area contributed by atoms with Crippen LogP contribution in [0.2, 0.25) is 0 Å². The number of rotatable bonds is 6. The lowest BCUT2D eigenvalue weighted by Gasteiger charge is -2.27. The van der Waals surface area contributed by atoms with E-state index in [1.165, 1.54) is 5.23 Å². The van der Waals surface area contributed by atoms with E-state index in [4.69, 9.17) is 19.0 Å². The lowest BCUT2D eigenvalue weighted by atomic mass is 10.1. The topological polar surface area (TPSA) is 57.0 Å². The Kier molecular flexibility index (Phi) is 5.02. The molecule has 1 aliphatic rings. The van der Waals surface area contributed by atoms with Crippen LogP contribution in [0.1, 0.15) is 5.56 Å². The molecular formula is C11H16N2O3S2. The molecule has 0 amide bonds. The Morgan fingerprint density at radius 3 is 2.83 bits per heavy atom. The second-order valence-electron chi connectivity index (χ2n) is 3.90. The van der Waals surface area contributed by atoms with E-state index < -0.39 is 0 Å². The van der Waals surface area contributed by atoms with Gasteiger partial charge in [-0.2, -0.15) is 11.8 Å². The van der Waals surface area contributed by atoms with E-state index >= 15 is 0 Å². The Hall–Kier alpha value is -0.600. The molecule has 1 saturated heterocycles. The van der Waals surface area contributed by atoms with Crippen LogP contribution in [0.3, 0.4) is 0 Å². The molecule has 1 aliphatic heterocycles. The molecule has 0 unspecified atom stereocenters. The van der Waals surface area contributed by atoms with Gasteiger partial charge in [0.15, 0.2) is 0 Å². The minimum atomic E-state index is 0.147. The fourth-order valence-electron chi connectivity index (χ4n) is 1.72. The van der Waals surface area contributed by atoms with Crippen LogP contribution in [0.4, 0.5) is 5.69 Å². The molecule has 0 radical (unpaired) electrons. The van der Waals surface area contributed by atoms with Crippen molar-refractivity contribution >= 4 is 29.8 Å². The molecule has 7 heteroatoms. The summed E-state index contributed by atoms with van der Waals surface area (Å²) < 4.78 is 15.4. The van der Waals surface area contributed by atoms with Crippen LogP contribution in [0.25, 0.3) is 0 Å². The number of nitrogens with two attached hydrogens (primary N) is 1. The molecular weight excluding hydrogens is 272 g/mol. The van der Waals surface area contributed by atoms with E-state index in [-0.39, 0.29) is 6.04 Å². The molecule has 1 heterocycles. The van der Waals surface area contributed by atoms with E-state index in [2.05, 4.69) is 6.26 Å². The maximum Gasteiger partial charge on any atom is 0.217 e. The Balaban J connectivity index is 2.12. The van der Waals surface area contributed by atoms with Gasteiger partial charge in [-0.1, -0.05) is 11.3 Å². The summed E-state index contributed by atoms with van der Waals surface area (Å²) in [6, 6.07) is 6.02. The fourth-order valence-corrected chi connectivity index (χ4v) is 2.55. The van der Waals surface area contributed by atoms with Gasteiger partial charge in [-0.3, -0.25) is 0 Å². The lowest BCUT2D eigenvalue weighted by molar-refractivity contribution is 0.0256. The fraction of sp³-hybridized carbons (Fsp3) is 0.455. The van der Waals surface area contributed by atoms with Gasteiger partial charge in [0.2, 0.25) is 12.3 Å². The van der Waals surface area contributed by atoms with Crippen LogP contribution in [0, 0.1) is 0 Å². The number of ether oxygens (including phenoxy) is 1. The van der Waals surface area contributed by atoms with Crippen LogP contribution in [0.5, 0.6) is 5.75 Å². The summed E-state index contributed by atoms with van der Waals surface area (Å²) in [6.45, 7) is 0. The van der Waals surface area contributed by atoms with Crippen molar-refractivity contribution in [1.29, 1.82) is 0 Å². The number of hydrogen-bond donors (Lipinski definition) is 1. The number of thioether (sulfide) groups is 1. The van der Waals surface area contributed by atoms with Gasteiger partial charge in [0.05, 0.1) is 7.11 Å². The van der Waals surface area contributed by atoms with Crippen molar-refractivity contribution in [3.63, 3.8) is 0 Å². The van der Waals surface area contributed by atoms with Crippen molar-refractivity contribution in [2.45, 2.75) is 12.5 Å². The van der Waals surface area contributed by atoms with Gasteiger partial charge >= 0.3 is 0 Å². The van der Waals surface area contributed by atoms with Crippen molar-refractivity contribution in [3.8, 4) is 5.75 Å². The number of nitrogens with zero attached hydrogens (tertiary/aromatic N) is 1. The predicted molar refractivity (Wildman–Crippen MR) is 75.3 cm³/mol. The van der Waals surface area contributed by atoms with E-state index in [0.717, 1.165) is 35.7 Å². The molecule has 2 N–H and O–H groups in total. The summed E-state index contributed by atoms with van der Waals surface area (Å²) in [5, 5.41) is 1.33. The highest BCUT2D eigenvalue weighted by atomic mass is 32.2. The summed E-state index contributed by atoms with van der Waals surface area (Å²) in [5.41, 5.74) is 7.92. The molecule has 1 aromatic rings. The summed E-state index contributed by atoms with van der Waals surface area (Å²) in [6.07, 6.45) is 2.87. The van der Waals surface area contributed by atoms with Crippen molar-refractivity contribution in [1.82, 2.24) is 0 Å². The third-order valence-corrected chi connectivity index (χ3v) is 3.67. The molecule has 1 atom stereocenters. The number of hydrogen-bond acceptors (Lipinski definition) is 7. The maximum absolute atomic E-state index is 6.03. The number of methoxy groups -OCH3 is 1. The highest BCUT2D eigenvalue weighted by Gasteiger charge is 2.24. The molecule has 1 fully saturated rings. The van der Waals surface area contributed by atoms with Crippen LogP contribution in [0.15, 0.2) is 18.2 Å². The molecule has 0 bridgehead atoms. The molecule has 0 aliphatic carbocycles. The highest BCUT2D eigenvalue weighted by Crippen LogP contribution is 2.37. The third kappa shape index (κ3) is 3.24. The quantitative estimate of drug-likeness (QED) is 0.805. The highest BCUT2D eigenvalue weighted by molar-refractivity contribution is 7.98. The zero-order chi connectivity index (χ0) is 13.0. The zero-order valence-corrected chi connectivity index (χ0v) is 11.9. The third-order valence-electron chi connectivity index (χ3n) is 2.51. The summed E-state index contributed by atoms with van der Waals surface area (Å²) in [5.74, 6) is 1.64. The molecule has 0 spiro atoms. The molecule has 2 rings (SSSR count). The van der Waals surface area contributed by atoms with E-state index in [1.54, 1.807) is 18.9 Å². The van der Waals surface area contributed by atoms with Crippen LogP contribution in [-0.2, 0) is 15.0 Å². The van der Waals surface area contributed by atoms with Gasteiger partial charge in [0, 0.05) is 11.8 Å². The van der Waals surface area contributed by atoms with Crippen molar-refractivity contribution in [2.75, 3.05) is 24.3 Å². The average molecular weight is 288 g/mol. The van der Waals surface area contributed by atoms with Gasteiger partial charge in [-0.15, -0.1) is 8.57 Å². The molecule has 0 aromatic heterocycles. The van der Waals surface area contributed by atoms with Gasteiger partial charge in [0.1, 0.15) is 11.4 Å². The Labute approximate surface area is 115 Å². The first-order chi connectivity index (χ1) is 8.74. The minimum Gasteiger partial charge on any atom is -0.494 e. The normalized spacial score (nSPS) is 16.3. The summed E-state index contributed by atoms with van der Waals surface area (Å²) >= 11 is 2.68. The molecule has 1 aromatic carbocycles. The van der Waals surface area contributed by atoms with E-state index in [0.29, 0.717) is 5.75 Å². The van der Waals surface area contributed by atoms with E-state index in [9.17, 15) is 0 Å². The summed E-state index contributed by atoms with van der Waals surface area (Å²) in [4.78, 5) is 0. The van der Waals surface area contributed by atoms with Crippen LogP contribution >= 0.6 is 24.1 Å². The Bertz CT molecular complexity index is 402. The molecule has 100 valence electrons. The number of anilines is 1. The summed E-state index contributed by atoms with van der Waals surface area (Å²) in [7, 11) is 1.62. The second kappa shape index (κ2) is 6.53. The van der Waals surface area contributed by atoms with Crippen molar-refractivity contribution < 1.29 is 13.3 Å². The van der Waals surface area contributed by atoms with Crippen molar-refractivity contribution in [2.24, 2.45) is 5.73 Å². The van der Waals surface area contributed by atoms with Crippen molar-refractivity contribution in [3.05, 3.63) is 23.8 Å². The van der Waals surface area contributed by atoms with Crippen LogP contribution < -0.4 is 15.7 Å². The molecule has 5 nitrogen and oxygen atoms in total.